The lowest BCUT2D eigenvalue weighted by molar-refractivity contribution is -0.278. The Kier molecular flexibility index (Phi) is 9.68. The fraction of sp³-hybridized carbons (Fsp3) is 0.448. The van der Waals surface area contributed by atoms with Crippen LogP contribution in [0.4, 0.5) is 0 Å². The van der Waals surface area contributed by atoms with Crippen LogP contribution in [0.5, 0.6) is 28.7 Å². The standard InChI is InChI=1S/C29H32O17/c1-10(31)41-9-20-22(36)24(38)26(40)28(46-20)43-17-6-12(32)5-16-13(17)7-18(27(42-16)11-2-3-14(33)15(34)4-11)44-29-25(39)23(37)21(35)19(8-30)45-29/h2-7,19-26,28-30,35-40H,8-9H2,1H3,(H2-,32,33,34)/p+1/t19-,20-,21-,22-,23+,24+,25-,26-,28-,29-/m1/s1. The maximum absolute atomic E-state index is 11.3. The fourth-order valence-electron chi connectivity index (χ4n) is 4.99. The van der Waals surface area contributed by atoms with Crippen LogP contribution < -0.4 is 9.47 Å². The van der Waals surface area contributed by atoms with Crippen LogP contribution in [0.2, 0.25) is 0 Å². The highest BCUT2D eigenvalue weighted by Gasteiger charge is 2.47. The van der Waals surface area contributed by atoms with Crippen LogP contribution in [0.25, 0.3) is 22.3 Å². The Bertz CT molecular complexity index is 1560. The molecule has 2 aromatic carbocycles. The molecule has 0 aliphatic carbocycles. The van der Waals surface area contributed by atoms with Crippen LogP contribution in [0.1, 0.15) is 6.92 Å². The number of ether oxygens (including phenoxy) is 5. The number of aliphatic hydroxyl groups is 7. The minimum absolute atomic E-state index is 0.0251. The summed E-state index contributed by atoms with van der Waals surface area (Å²) in [6.07, 6.45) is -16.6. The molecule has 0 radical (unpaired) electrons. The number of carbonyl (C=O) groups is 1. The van der Waals surface area contributed by atoms with Crippen molar-refractivity contribution in [3.05, 3.63) is 36.4 Å². The van der Waals surface area contributed by atoms with Crippen LogP contribution in [0.15, 0.2) is 40.8 Å². The van der Waals surface area contributed by atoms with Crippen LogP contribution in [-0.2, 0) is 19.0 Å². The van der Waals surface area contributed by atoms with Gasteiger partial charge in [-0.3, -0.25) is 4.79 Å². The molecule has 0 amide bonds. The van der Waals surface area contributed by atoms with Crippen molar-refractivity contribution in [2.45, 2.75) is 68.3 Å². The first-order valence-corrected chi connectivity index (χ1v) is 13.9. The van der Waals surface area contributed by atoms with Crippen LogP contribution in [0.3, 0.4) is 0 Å². The number of fused-ring (bicyclic) bond motifs is 1. The summed E-state index contributed by atoms with van der Waals surface area (Å²) in [4.78, 5) is 11.3. The highest BCUT2D eigenvalue weighted by molar-refractivity contribution is 5.89. The number of esters is 1. The molecule has 0 saturated carbocycles. The van der Waals surface area contributed by atoms with Crippen molar-refractivity contribution in [3.8, 4) is 40.1 Å². The lowest BCUT2D eigenvalue weighted by Crippen LogP contribution is -2.60. The summed E-state index contributed by atoms with van der Waals surface area (Å²) in [7, 11) is 0. The molecule has 0 unspecified atom stereocenters. The van der Waals surface area contributed by atoms with Gasteiger partial charge in [-0.2, -0.15) is 0 Å². The molecule has 0 spiro atoms. The Hall–Kier alpha value is -4.04. The lowest BCUT2D eigenvalue weighted by Gasteiger charge is -2.40. The van der Waals surface area contributed by atoms with E-state index in [1.54, 1.807) is 0 Å². The van der Waals surface area contributed by atoms with Gasteiger partial charge in [0.15, 0.2) is 11.5 Å². The van der Waals surface area contributed by atoms with Gasteiger partial charge < -0.3 is 74.7 Å². The predicted octanol–water partition coefficient (Wildman–Crippen LogP) is -1.57. The van der Waals surface area contributed by atoms with Crippen LogP contribution in [-0.4, -0.2) is 132 Å². The van der Waals surface area contributed by atoms with Gasteiger partial charge in [-0.1, -0.05) is 0 Å². The smallest absolute Gasteiger partial charge is 0.402 e. The quantitative estimate of drug-likeness (QED) is 0.0746. The maximum atomic E-state index is 11.3. The highest BCUT2D eigenvalue weighted by Crippen LogP contribution is 2.43. The summed E-state index contributed by atoms with van der Waals surface area (Å²) in [6, 6.07) is 7.13. The zero-order valence-electron chi connectivity index (χ0n) is 24.0. The van der Waals surface area contributed by atoms with Crippen LogP contribution in [0, 0.1) is 0 Å². The van der Waals surface area contributed by atoms with Gasteiger partial charge in [0, 0.05) is 25.1 Å². The Labute approximate surface area is 259 Å². The first kappa shape index (κ1) is 33.3. The van der Waals surface area contributed by atoms with Crippen molar-refractivity contribution >= 4 is 16.9 Å². The molecular weight excluding hydrogens is 620 g/mol. The van der Waals surface area contributed by atoms with Crippen molar-refractivity contribution in [2.24, 2.45) is 0 Å². The monoisotopic (exact) mass is 653 g/mol. The average Bonchev–Trinajstić information content (AvgIpc) is 3.02. The van der Waals surface area contributed by atoms with Gasteiger partial charge in [0.2, 0.25) is 18.3 Å². The fourth-order valence-corrected chi connectivity index (χ4v) is 4.99. The minimum atomic E-state index is -1.84. The van der Waals surface area contributed by atoms with Gasteiger partial charge >= 0.3 is 17.3 Å². The molecule has 2 aliphatic heterocycles. The van der Waals surface area contributed by atoms with Crippen molar-refractivity contribution in [3.63, 3.8) is 0 Å². The van der Waals surface area contributed by atoms with E-state index in [0.717, 1.165) is 25.1 Å². The Morgan fingerprint density at radius 2 is 1.37 bits per heavy atom. The molecule has 2 saturated heterocycles. The number of rotatable bonds is 8. The molecule has 250 valence electrons. The number of hydrogen-bond acceptors (Lipinski definition) is 16. The van der Waals surface area contributed by atoms with Gasteiger partial charge in [-0.05, 0) is 12.1 Å². The largest absolute Gasteiger partial charge is 0.507 e. The van der Waals surface area contributed by atoms with E-state index in [1.807, 2.05) is 0 Å². The lowest BCUT2D eigenvalue weighted by atomic mass is 9.99. The number of benzene rings is 2. The summed E-state index contributed by atoms with van der Waals surface area (Å²) < 4.78 is 33.6. The van der Waals surface area contributed by atoms with E-state index in [9.17, 15) is 55.9 Å². The summed E-state index contributed by atoms with van der Waals surface area (Å²) in [5, 5.41) is 102. The molecule has 2 aliphatic rings. The second-order valence-corrected chi connectivity index (χ2v) is 10.7. The van der Waals surface area contributed by atoms with Crippen molar-refractivity contribution < 1.29 is 84.0 Å². The topological polar surface area (TPSA) is 277 Å². The normalized spacial score (nSPS) is 31.4. The molecule has 2 fully saturated rings. The number of phenols is 3. The van der Waals surface area contributed by atoms with E-state index in [0.29, 0.717) is 0 Å². The van der Waals surface area contributed by atoms with Crippen LogP contribution >= 0.6 is 0 Å². The average molecular weight is 654 g/mol. The summed E-state index contributed by atoms with van der Waals surface area (Å²) in [5.41, 5.74) is 0.0279. The Balaban J connectivity index is 1.58. The Morgan fingerprint density at radius 3 is 1.98 bits per heavy atom. The third-order valence-corrected chi connectivity index (χ3v) is 7.49. The first-order valence-electron chi connectivity index (χ1n) is 13.9. The molecule has 3 aromatic rings. The van der Waals surface area contributed by atoms with E-state index >= 15 is 0 Å². The molecule has 17 nitrogen and oxygen atoms in total. The number of carbonyl (C=O) groups excluding carboxylic acids is 1. The van der Waals surface area contributed by atoms with Gasteiger partial charge in [-0.15, -0.1) is 0 Å². The molecule has 0 bridgehead atoms. The molecule has 46 heavy (non-hydrogen) atoms. The summed E-state index contributed by atoms with van der Waals surface area (Å²) in [5.74, 6) is -2.74. The minimum Gasteiger partial charge on any atom is -0.507 e. The second-order valence-electron chi connectivity index (χ2n) is 10.7. The SMILES string of the molecule is CC(=O)OC[C@H]1O[C@@H](Oc2cc(O)cc3[o+]c(-c4ccc(O)c(O)c4)c(O[C@@H]4O[C@H](CO)[C@@H](O)[C@H](O)[C@H]4O)cc23)[C@H](O)[C@@H](O)[C@@H]1O. The third-order valence-electron chi connectivity index (χ3n) is 7.49. The maximum Gasteiger partial charge on any atom is 0.402 e. The third kappa shape index (κ3) is 6.59. The van der Waals surface area contributed by atoms with Gasteiger partial charge in [-0.25, -0.2) is 4.42 Å². The van der Waals surface area contributed by atoms with E-state index in [1.165, 1.54) is 18.2 Å². The van der Waals surface area contributed by atoms with E-state index in [-0.39, 0.29) is 33.8 Å². The van der Waals surface area contributed by atoms with Crippen molar-refractivity contribution in [1.82, 2.24) is 0 Å². The number of aliphatic hydroxyl groups excluding tert-OH is 7. The molecule has 1 aromatic heterocycles. The van der Waals surface area contributed by atoms with E-state index in [2.05, 4.69) is 0 Å². The van der Waals surface area contributed by atoms with Crippen molar-refractivity contribution in [1.29, 1.82) is 0 Å². The van der Waals surface area contributed by atoms with Gasteiger partial charge in [0.1, 0.15) is 72.3 Å². The molecule has 3 heterocycles. The van der Waals surface area contributed by atoms with Gasteiger partial charge in [0.25, 0.3) is 0 Å². The molecular formula is C29H33O17+. The predicted molar refractivity (Wildman–Crippen MR) is 149 cm³/mol. The number of phenolic OH excluding ortho intramolecular Hbond substituents is 3. The number of hydrogen-bond donors (Lipinski definition) is 10. The zero-order valence-corrected chi connectivity index (χ0v) is 24.0. The molecule has 5 rings (SSSR count). The Morgan fingerprint density at radius 1 is 0.761 bits per heavy atom. The van der Waals surface area contributed by atoms with E-state index < -0.39 is 97.8 Å². The summed E-state index contributed by atoms with van der Waals surface area (Å²) in [6.45, 7) is -0.115. The molecule has 10 N–H and O–H groups in total. The first-order chi connectivity index (χ1) is 21.8. The van der Waals surface area contributed by atoms with Gasteiger partial charge in [0.05, 0.1) is 18.2 Å². The van der Waals surface area contributed by atoms with Crippen molar-refractivity contribution in [2.75, 3.05) is 13.2 Å². The number of aromatic hydroxyl groups is 3. The zero-order chi connectivity index (χ0) is 33.4. The molecule has 17 heteroatoms. The van der Waals surface area contributed by atoms with E-state index in [4.69, 9.17) is 28.1 Å². The summed E-state index contributed by atoms with van der Waals surface area (Å²) >= 11 is 0. The highest BCUT2D eigenvalue weighted by atomic mass is 16.7. The molecule has 10 atom stereocenters. The second kappa shape index (κ2) is 13.4.